The number of esters is 1. The van der Waals surface area contributed by atoms with E-state index in [0.29, 0.717) is 16.8 Å². The van der Waals surface area contributed by atoms with Gasteiger partial charge in [-0.25, -0.2) is 4.79 Å². The lowest BCUT2D eigenvalue weighted by Crippen LogP contribution is -2.12. The molecular weight excluding hydrogens is 354 g/mol. The maximum Gasteiger partial charge on any atom is 0.337 e. The van der Waals surface area contributed by atoms with Crippen molar-refractivity contribution in [3.63, 3.8) is 0 Å². The molecule has 0 spiro atoms. The number of rotatable bonds is 5. The summed E-state index contributed by atoms with van der Waals surface area (Å²) in [6.07, 6.45) is 3.14. The van der Waals surface area contributed by atoms with Crippen molar-refractivity contribution in [2.75, 3.05) is 17.7 Å². The molecule has 2 aromatic carbocycles. The Balaban J connectivity index is 1.71. The van der Waals surface area contributed by atoms with Gasteiger partial charge in [-0.1, -0.05) is 6.07 Å². The number of amides is 1. The first-order chi connectivity index (χ1) is 13.5. The summed E-state index contributed by atoms with van der Waals surface area (Å²) in [5.74, 6) is -0.626. The van der Waals surface area contributed by atoms with Crippen molar-refractivity contribution in [1.82, 2.24) is 4.98 Å². The van der Waals surface area contributed by atoms with Gasteiger partial charge in [-0.15, -0.1) is 0 Å². The molecule has 0 radical (unpaired) electrons. The molecule has 0 bridgehead atoms. The predicted molar refractivity (Wildman–Crippen MR) is 109 cm³/mol. The van der Waals surface area contributed by atoms with E-state index >= 15 is 0 Å². The second kappa shape index (κ2) is 8.35. The van der Waals surface area contributed by atoms with Crippen molar-refractivity contribution in [1.29, 1.82) is 0 Å². The van der Waals surface area contributed by atoms with Crippen molar-refractivity contribution < 1.29 is 14.3 Å². The molecule has 0 saturated carbocycles. The van der Waals surface area contributed by atoms with Gasteiger partial charge in [-0.05, 0) is 67.4 Å². The third kappa shape index (κ3) is 4.54. The summed E-state index contributed by atoms with van der Waals surface area (Å²) in [5, 5.41) is 6.05. The highest BCUT2D eigenvalue weighted by molar-refractivity contribution is 6.04. The third-order valence-corrected chi connectivity index (χ3v) is 4.36. The summed E-state index contributed by atoms with van der Waals surface area (Å²) in [6, 6.07) is 14.3. The standard InChI is InChI=1S/C22H21N3O3/c1-14-4-7-19(10-15(14)2)25-21(26)17-11-20(13-23-12-17)24-18-8-5-16(6-9-18)22(27)28-3/h4-13,24H,1-3H3,(H,25,26). The number of carbonyl (C=O) groups is 2. The molecule has 0 atom stereocenters. The molecule has 0 aliphatic carbocycles. The highest BCUT2D eigenvalue weighted by atomic mass is 16.5. The lowest BCUT2D eigenvalue weighted by molar-refractivity contribution is 0.0600. The Bertz CT molecular complexity index is 1010. The van der Waals surface area contributed by atoms with Gasteiger partial charge in [0, 0.05) is 17.6 Å². The number of ether oxygens (including phenoxy) is 1. The summed E-state index contributed by atoms with van der Waals surface area (Å²) in [6.45, 7) is 4.03. The van der Waals surface area contributed by atoms with Crippen molar-refractivity contribution in [3.05, 3.63) is 83.2 Å². The van der Waals surface area contributed by atoms with Crippen LogP contribution in [0.2, 0.25) is 0 Å². The highest BCUT2D eigenvalue weighted by Gasteiger charge is 2.09. The summed E-state index contributed by atoms with van der Waals surface area (Å²) in [4.78, 5) is 28.2. The maximum atomic E-state index is 12.5. The average molecular weight is 375 g/mol. The van der Waals surface area contributed by atoms with Gasteiger partial charge in [0.15, 0.2) is 0 Å². The van der Waals surface area contributed by atoms with Gasteiger partial charge >= 0.3 is 5.97 Å². The van der Waals surface area contributed by atoms with E-state index in [0.717, 1.165) is 16.9 Å². The molecule has 0 aliphatic heterocycles. The van der Waals surface area contributed by atoms with Crippen LogP contribution < -0.4 is 10.6 Å². The molecular formula is C22H21N3O3. The minimum Gasteiger partial charge on any atom is -0.465 e. The van der Waals surface area contributed by atoms with Gasteiger partial charge in [-0.2, -0.15) is 0 Å². The molecule has 28 heavy (non-hydrogen) atoms. The van der Waals surface area contributed by atoms with Crippen LogP contribution in [0.1, 0.15) is 31.8 Å². The summed E-state index contributed by atoms with van der Waals surface area (Å²) < 4.78 is 4.69. The van der Waals surface area contributed by atoms with Gasteiger partial charge in [0.1, 0.15) is 0 Å². The molecule has 6 heteroatoms. The van der Waals surface area contributed by atoms with E-state index in [1.54, 1.807) is 36.5 Å². The van der Waals surface area contributed by atoms with Crippen LogP contribution >= 0.6 is 0 Å². The molecule has 0 saturated heterocycles. The fourth-order valence-corrected chi connectivity index (χ4v) is 2.63. The molecule has 0 fully saturated rings. The normalized spacial score (nSPS) is 10.2. The largest absolute Gasteiger partial charge is 0.465 e. The monoisotopic (exact) mass is 375 g/mol. The Morgan fingerprint density at radius 3 is 2.21 bits per heavy atom. The van der Waals surface area contributed by atoms with Crippen LogP contribution in [0.3, 0.4) is 0 Å². The number of nitrogens with zero attached hydrogens (tertiary/aromatic N) is 1. The first-order valence-corrected chi connectivity index (χ1v) is 8.75. The number of anilines is 3. The summed E-state index contributed by atoms with van der Waals surface area (Å²) >= 11 is 0. The number of hydrogen-bond acceptors (Lipinski definition) is 5. The first-order valence-electron chi connectivity index (χ1n) is 8.75. The van der Waals surface area contributed by atoms with Gasteiger partial charge in [0.25, 0.3) is 5.91 Å². The molecule has 1 aromatic heterocycles. The van der Waals surface area contributed by atoms with Crippen molar-refractivity contribution in [2.24, 2.45) is 0 Å². The third-order valence-electron chi connectivity index (χ3n) is 4.36. The van der Waals surface area contributed by atoms with Gasteiger partial charge < -0.3 is 15.4 Å². The molecule has 3 aromatic rings. The number of nitrogens with one attached hydrogen (secondary N) is 2. The number of aryl methyl sites for hydroxylation is 2. The van der Waals surface area contributed by atoms with Crippen molar-refractivity contribution in [3.8, 4) is 0 Å². The Hall–Kier alpha value is -3.67. The van der Waals surface area contributed by atoms with Crippen LogP contribution in [0.5, 0.6) is 0 Å². The number of aromatic nitrogens is 1. The maximum absolute atomic E-state index is 12.5. The first kappa shape index (κ1) is 19.1. The molecule has 142 valence electrons. The SMILES string of the molecule is COC(=O)c1ccc(Nc2cncc(C(=O)Nc3ccc(C)c(C)c3)c2)cc1. The van der Waals surface area contributed by atoms with E-state index in [2.05, 4.69) is 20.4 Å². The van der Waals surface area contributed by atoms with E-state index in [4.69, 9.17) is 0 Å². The molecule has 3 rings (SSSR count). The Labute approximate surface area is 163 Å². The Kier molecular flexibility index (Phi) is 5.69. The number of pyridine rings is 1. The second-order valence-electron chi connectivity index (χ2n) is 6.41. The number of methoxy groups -OCH3 is 1. The second-order valence-corrected chi connectivity index (χ2v) is 6.41. The fraction of sp³-hybridized carbons (Fsp3) is 0.136. The van der Waals surface area contributed by atoms with Crippen LogP contribution in [0.4, 0.5) is 17.1 Å². The lowest BCUT2D eigenvalue weighted by Gasteiger charge is -2.10. The minimum atomic E-state index is -0.391. The zero-order valence-electron chi connectivity index (χ0n) is 15.9. The minimum absolute atomic E-state index is 0.236. The van der Waals surface area contributed by atoms with Crippen LogP contribution in [0.15, 0.2) is 60.9 Å². The zero-order valence-corrected chi connectivity index (χ0v) is 15.9. The van der Waals surface area contributed by atoms with Gasteiger partial charge in [-0.3, -0.25) is 9.78 Å². The zero-order chi connectivity index (χ0) is 20.1. The molecule has 1 amide bonds. The Morgan fingerprint density at radius 1 is 0.821 bits per heavy atom. The van der Waals surface area contributed by atoms with Gasteiger partial charge in [0.2, 0.25) is 0 Å². The highest BCUT2D eigenvalue weighted by Crippen LogP contribution is 2.19. The van der Waals surface area contributed by atoms with E-state index in [-0.39, 0.29) is 5.91 Å². The number of benzene rings is 2. The van der Waals surface area contributed by atoms with Crippen molar-refractivity contribution in [2.45, 2.75) is 13.8 Å². The van der Waals surface area contributed by atoms with Crippen LogP contribution in [0, 0.1) is 13.8 Å². The van der Waals surface area contributed by atoms with Crippen LogP contribution in [-0.2, 0) is 4.74 Å². The Morgan fingerprint density at radius 2 is 1.54 bits per heavy atom. The predicted octanol–water partition coefficient (Wildman–Crippen LogP) is 4.48. The molecule has 6 nitrogen and oxygen atoms in total. The number of hydrogen-bond donors (Lipinski definition) is 2. The van der Waals surface area contributed by atoms with Crippen molar-refractivity contribution >= 4 is 28.9 Å². The summed E-state index contributed by atoms with van der Waals surface area (Å²) in [5.41, 5.74) is 5.36. The fourth-order valence-electron chi connectivity index (χ4n) is 2.63. The smallest absolute Gasteiger partial charge is 0.337 e. The van der Waals surface area contributed by atoms with E-state index < -0.39 is 5.97 Å². The molecule has 0 aliphatic rings. The molecule has 1 heterocycles. The van der Waals surface area contributed by atoms with E-state index in [9.17, 15) is 9.59 Å². The topological polar surface area (TPSA) is 80.3 Å². The lowest BCUT2D eigenvalue weighted by atomic mass is 10.1. The quantitative estimate of drug-likeness (QED) is 0.643. The van der Waals surface area contributed by atoms with Crippen LogP contribution in [-0.4, -0.2) is 24.0 Å². The number of carbonyl (C=O) groups excluding carboxylic acids is 2. The van der Waals surface area contributed by atoms with E-state index in [1.807, 2.05) is 32.0 Å². The van der Waals surface area contributed by atoms with Crippen LogP contribution in [0.25, 0.3) is 0 Å². The summed E-state index contributed by atoms with van der Waals surface area (Å²) in [7, 11) is 1.34. The van der Waals surface area contributed by atoms with E-state index in [1.165, 1.54) is 18.9 Å². The van der Waals surface area contributed by atoms with Gasteiger partial charge in [0.05, 0.1) is 30.1 Å². The molecule has 0 unspecified atom stereocenters. The average Bonchev–Trinajstić information content (AvgIpc) is 2.71. The molecule has 2 N–H and O–H groups in total.